The van der Waals surface area contributed by atoms with Gasteiger partial charge in [-0.3, -0.25) is 10.1 Å². The zero-order valence-electron chi connectivity index (χ0n) is 5.63. The van der Waals surface area contributed by atoms with Crippen LogP contribution < -0.4 is 5.14 Å². The van der Waals surface area contributed by atoms with Crippen molar-refractivity contribution in [3.05, 3.63) is 22.2 Å². The lowest BCUT2D eigenvalue weighted by molar-refractivity contribution is -0.380. The van der Waals surface area contributed by atoms with Crippen molar-refractivity contribution in [2.24, 2.45) is 5.14 Å². The second kappa shape index (κ2) is 2.81. The molecule has 0 aromatic carbocycles. The summed E-state index contributed by atoms with van der Waals surface area (Å²) in [5.41, 5.74) is 0. The largest absolute Gasteiger partial charge is 0.325 e. The van der Waals surface area contributed by atoms with Crippen LogP contribution in [0.4, 0.5) is 5.00 Å². The molecule has 1 aromatic rings. The third-order valence-electron chi connectivity index (χ3n) is 1.03. The standard InChI is InChI=1S/C4H4N2O4S2/c5-12(9,10)4-2-1-3(11-4)6(7)8/h1-2H,(H2,5,9,10). The molecule has 0 unspecified atom stereocenters. The Morgan fingerprint density at radius 2 is 2.08 bits per heavy atom. The van der Waals surface area contributed by atoms with Crippen LogP contribution in [-0.4, -0.2) is 13.3 Å². The number of nitrogens with zero attached hydrogens (tertiary/aromatic N) is 1. The Bertz CT molecular complexity index is 406. The summed E-state index contributed by atoms with van der Waals surface area (Å²) in [5.74, 6) is 0. The van der Waals surface area contributed by atoms with Crippen LogP contribution in [0.25, 0.3) is 0 Å². The number of primary sulfonamides is 1. The van der Waals surface area contributed by atoms with Gasteiger partial charge in [-0.2, -0.15) is 0 Å². The molecule has 0 atom stereocenters. The molecule has 6 nitrogen and oxygen atoms in total. The highest BCUT2D eigenvalue weighted by atomic mass is 32.2. The van der Waals surface area contributed by atoms with E-state index in [0.717, 1.165) is 12.1 Å². The van der Waals surface area contributed by atoms with Crippen molar-refractivity contribution in [3.63, 3.8) is 0 Å². The fourth-order valence-electron chi connectivity index (χ4n) is 0.561. The number of hydrogen-bond donors (Lipinski definition) is 1. The second-order valence-corrected chi connectivity index (χ2v) is 4.75. The van der Waals surface area contributed by atoms with Crippen molar-refractivity contribution < 1.29 is 13.3 Å². The van der Waals surface area contributed by atoms with Gasteiger partial charge >= 0.3 is 5.00 Å². The van der Waals surface area contributed by atoms with Gasteiger partial charge in [0.25, 0.3) is 0 Å². The van der Waals surface area contributed by atoms with Gasteiger partial charge in [0.1, 0.15) is 4.21 Å². The molecule has 0 saturated heterocycles. The third kappa shape index (κ3) is 1.78. The van der Waals surface area contributed by atoms with Crippen LogP contribution in [0.2, 0.25) is 0 Å². The Hall–Kier alpha value is -0.990. The molecule has 1 aromatic heterocycles. The average Bonchev–Trinajstić information content (AvgIpc) is 2.30. The van der Waals surface area contributed by atoms with E-state index in [0.29, 0.717) is 11.3 Å². The number of nitro groups is 1. The van der Waals surface area contributed by atoms with Crippen molar-refractivity contribution in [2.45, 2.75) is 4.21 Å². The Balaban J connectivity index is 3.17. The molecule has 0 radical (unpaired) electrons. The van der Waals surface area contributed by atoms with Crippen LogP contribution in [0.15, 0.2) is 16.3 Å². The highest BCUT2D eigenvalue weighted by molar-refractivity contribution is 7.91. The maximum absolute atomic E-state index is 10.6. The van der Waals surface area contributed by atoms with E-state index in [4.69, 9.17) is 5.14 Å². The van der Waals surface area contributed by atoms with E-state index >= 15 is 0 Å². The van der Waals surface area contributed by atoms with Gasteiger partial charge in [0, 0.05) is 6.07 Å². The number of sulfonamides is 1. The molecule has 0 amide bonds. The van der Waals surface area contributed by atoms with Gasteiger partial charge in [-0.15, -0.1) is 0 Å². The topological polar surface area (TPSA) is 103 Å². The maximum Gasteiger partial charge on any atom is 0.325 e. The van der Waals surface area contributed by atoms with Crippen LogP contribution >= 0.6 is 11.3 Å². The monoisotopic (exact) mass is 208 g/mol. The van der Waals surface area contributed by atoms with Gasteiger partial charge in [0.2, 0.25) is 10.0 Å². The summed E-state index contributed by atoms with van der Waals surface area (Å²) < 4.78 is 21.1. The van der Waals surface area contributed by atoms with E-state index in [2.05, 4.69) is 0 Å². The molecule has 0 aliphatic rings. The first-order valence-corrected chi connectivity index (χ1v) is 5.04. The van der Waals surface area contributed by atoms with E-state index < -0.39 is 14.9 Å². The molecule has 0 spiro atoms. The van der Waals surface area contributed by atoms with E-state index in [9.17, 15) is 18.5 Å². The first-order chi connectivity index (χ1) is 5.41. The lowest BCUT2D eigenvalue weighted by Gasteiger charge is -1.86. The maximum atomic E-state index is 10.6. The molecule has 0 aliphatic heterocycles. The first kappa shape index (κ1) is 9.10. The van der Waals surface area contributed by atoms with Gasteiger partial charge in [0.15, 0.2) is 0 Å². The van der Waals surface area contributed by atoms with Crippen LogP contribution in [0, 0.1) is 10.1 Å². The lowest BCUT2D eigenvalue weighted by Crippen LogP contribution is -2.09. The zero-order chi connectivity index (χ0) is 9.35. The summed E-state index contributed by atoms with van der Waals surface area (Å²) in [7, 11) is -3.80. The van der Waals surface area contributed by atoms with E-state index in [-0.39, 0.29) is 9.21 Å². The van der Waals surface area contributed by atoms with Crippen molar-refractivity contribution >= 4 is 26.4 Å². The number of rotatable bonds is 2. The summed E-state index contributed by atoms with van der Waals surface area (Å²) in [6.07, 6.45) is 0. The number of nitrogens with two attached hydrogens (primary N) is 1. The molecule has 0 fully saturated rings. The highest BCUT2D eigenvalue weighted by Crippen LogP contribution is 2.26. The summed E-state index contributed by atoms with van der Waals surface area (Å²) in [4.78, 5) is 9.45. The van der Waals surface area contributed by atoms with Crippen molar-refractivity contribution in [3.8, 4) is 0 Å². The molecule has 2 N–H and O–H groups in total. The minimum Gasteiger partial charge on any atom is -0.258 e. The summed E-state index contributed by atoms with van der Waals surface area (Å²) >= 11 is 0.536. The number of hydrogen-bond acceptors (Lipinski definition) is 5. The molecule has 0 saturated carbocycles. The van der Waals surface area contributed by atoms with Crippen molar-refractivity contribution in [1.82, 2.24) is 0 Å². The summed E-state index contributed by atoms with van der Waals surface area (Å²) in [5, 5.41) is 14.6. The van der Waals surface area contributed by atoms with E-state index in [1.807, 2.05) is 0 Å². The molecule has 0 bridgehead atoms. The predicted octanol–water partition coefficient (Wildman–Crippen LogP) is 0.304. The highest BCUT2D eigenvalue weighted by Gasteiger charge is 2.16. The van der Waals surface area contributed by atoms with Crippen LogP contribution in [0.3, 0.4) is 0 Å². The molecular formula is C4H4N2O4S2. The molecule has 0 aliphatic carbocycles. The SMILES string of the molecule is NS(=O)(=O)c1ccc([N+](=O)[O-])s1. The van der Waals surface area contributed by atoms with Crippen LogP contribution in [-0.2, 0) is 10.0 Å². The van der Waals surface area contributed by atoms with Crippen molar-refractivity contribution in [2.75, 3.05) is 0 Å². The van der Waals surface area contributed by atoms with Gasteiger partial charge in [0.05, 0.1) is 4.92 Å². The van der Waals surface area contributed by atoms with Gasteiger partial charge in [-0.1, -0.05) is 0 Å². The van der Waals surface area contributed by atoms with Crippen molar-refractivity contribution in [1.29, 1.82) is 0 Å². The van der Waals surface area contributed by atoms with Crippen LogP contribution in [0.5, 0.6) is 0 Å². The summed E-state index contributed by atoms with van der Waals surface area (Å²) in [6, 6.07) is 2.21. The Morgan fingerprint density at radius 1 is 1.50 bits per heavy atom. The second-order valence-electron chi connectivity index (χ2n) is 1.89. The predicted molar refractivity (Wildman–Crippen MR) is 42.3 cm³/mol. The molecular weight excluding hydrogens is 204 g/mol. The smallest absolute Gasteiger partial charge is 0.258 e. The molecule has 1 rings (SSSR count). The quantitative estimate of drug-likeness (QED) is 0.557. The normalized spacial score (nSPS) is 11.4. The lowest BCUT2D eigenvalue weighted by atomic mass is 10.6. The van der Waals surface area contributed by atoms with E-state index in [1.54, 1.807) is 0 Å². The molecule has 8 heteroatoms. The Morgan fingerprint density at radius 3 is 2.33 bits per heavy atom. The average molecular weight is 208 g/mol. The fraction of sp³-hybridized carbons (Fsp3) is 0. The van der Waals surface area contributed by atoms with E-state index in [1.165, 1.54) is 0 Å². The number of thiophene rings is 1. The van der Waals surface area contributed by atoms with Crippen LogP contribution in [0.1, 0.15) is 0 Å². The fourth-order valence-corrected chi connectivity index (χ4v) is 2.09. The van der Waals surface area contributed by atoms with Gasteiger partial charge in [-0.05, 0) is 17.4 Å². The molecule has 12 heavy (non-hydrogen) atoms. The first-order valence-electron chi connectivity index (χ1n) is 2.68. The molecule has 1 heterocycles. The minimum atomic E-state index is -3.80. The van der Waals surface area contributed by atoms with Gasteiger partial charge in [-0.25, -0.2) is 13.6 Å². The molecule has 66 valence electrons. The Kier molecular flexibility index (Phi) is 2.13. The third-order valence-corrected chi connectivity index (χ3v) is 3.50. The zero-order valence-corrected chi connectivity index (χ0v) is 7.26. The summed E-state index contributed by atoms with van der Waals surface area (Å²) in [6.45, 7) is 0. The minimum absolute atomic E-state index is 0.200. The Labute approximate surface area is 71.8 Å². The van der Waals surface area contributed by atoms with Gasteiger partial charge < -0.3 is 0 Å².